The first-order chi connectivity index (χ1) is 6.16. The Morgan fingerprint density at radius 1 is 1.62 bits per heavy atom. The Morgan fingerprint density at radius 2 is 2.31 bits per heavy atom. The molecule has 0 bridgehead atoms. The van der Waals surface area contributed by atoms with Crippen LogP contribution in [0.2, 0.25) is 0 Å². The van der Waals surface area contributed by atoms with E-state index in [1.54, 1.807) is 7.11 Å². The quantitative estimate of drug-likeness (QED) is 0.532. The third-order valence-corrected chi connectivity index (χ3v) is 1.72. The van der Waals surface area contributed by atoms with Crippen molar-refractivity contribution in [3.8, 4) is 0 Å². The largest absolute Gasteiger partial charge is 0.384 e. The van der Waals surface area contributed by atoms with Gasteiger partial charge in [-0.2, -0.15) is 0 Å². The Morgan fingerprint density at radius 3 is 2.85 bits per heavy atom. The number of methoxy groups -OCH3 is 1. The summed E-state index contributed by atoms with van der Waals surface area (Å²) in [5.74, 6) is 0.283. The van der Waals surface area contributed by atoms with Crippen LogP contribution in [0.3, 0.4) is 0 Å². The van der Waals surface area contributed by atoms with Crippen molar-refractivity contribution in [2.24, 2.45) is 11.7 Å². The van der Waals surface area contributed by atoms with Gasteiger partial charge < -0.3 is 15.8 Å². The smallest absolute Gasteiger partial charge is 0.217 e. The molecule has 0 fully saturated rings. The maximum absolute atomic E-state index is 10.4. The number of ether oxygens (including phenoxy) is 1. The topological polar surface area (TPSA) is 64.3 Å². The Kier molecular flexibility index (Phi) is 7.63. The standard InChI is InChI=1S/C9H20N2O2/c1-8(7-13-2)6-11-5-3-4-9(10)12/h8,11H,3-7H2,1-2H3,(H2,10,12). The molecule has 3 N–H and O–H groups in total. The summed E-state index contributed by atoms with van der Waals surface area (Å²) in [6.45, 7) is 4.65. The minimum atomic E-state index is -0.230. The van der Waals surface area contributed by atoms with Gasteiger partial charge >= 0.3 is 0 Å². The number of hydrogen-bond acceptors (Lipinski definition) is 3. The molecule has 13 heavy (non-hydrogen) atoms. The van der Waals surface area contributed by atoms with Crippen LogP contribution in [-0.2, 0) is 9.53 Å². The summed E-state index contributed by atoms with van der Waals surface area (Å²) in [5, 5.41) is 3.24. The predicted octanol–water partition coefficient (Wildman–Crippen LogP) is 0.124. The van der Waals surface area contributed by atoms with Crippen LogP contribution < -0.4 is 11.1 Å². The molecule has 0 aliphatic heterocycles. The second kappa shape index (κ2) is 8.01. The number of primary amides is 1. The maximum Gasteiger partial charge on any atom is 0.217 e. The molecule has 0 aromatic rings. The number of nitrogens with one attached hydrogen (secondary N) is 1. The van der Waals surface area contributed by atoms with Gasteiger partial charge in [0, 0.05) is 20.1 Å². The van der Waals surface area contributed by atoms with Crippen molar-refractivity contribution in [3.05, 3.63) is 0 Å². The molecule has 1 unspecified atom stereocenters. The number of hydrogen-bond donors (Lipinski definition) is 2. The van der Waals surface area contributed by atoms with Crippen LogP contribution in [0, 0.1) is 5.92 Å². The molecule has 0 aliphatic rings. The lowest BCUT2D eigenvalue weighted by atomic mass is 10.2. The van der Waals surface area contributed by atoms with E-state index in [9.17, 15) is 4.79 Å². The zero-order chi connectivity index (χ0) is 10.1. The average Bonchev–Trinajstić information content (AvgIpc) is 2.03. The van der Waals surface area contributed by atoms with E-state index in [-0.39, 0.29) is 5.91 Å². The molecular formula is C9H20N2O2. The SMILES string of the molecule is COCC(C)CNCCCC(N)=O. The van der Waals surface area contributed by atoms with Gasteiger partial charge in [-0.3, -0.25) is 4.79 Å². The van der Waals surface area contributed by atoms with Crippen LogP contribution in [0.5, 0.6) is 0 Å². The van der Waals surface area contributed by atoms with Gasteiger partial charge in [-0.15, -0.1) is 0 Å². The maximum atomic E-state index is 10.4. The number of rotatable bonds is 8. The average molecular weight is 188 g/mol. The molecule has 0 radical (unpaired) electrons. The zero-order valence-corrected chi connectivity index (χ0v) is 8.51. The summed E-state index contributed by atoms with van der Waals surface area (Å²) in [6.07, 6.45) is 1.28. The van der Waals surface area contributed by atoms with Crippen LogP contribution in [0.1, 0.15) is 19.8 Å². The van der Waals surface area contributed by atoms with Gasteiger partial charge in [0.1, 0.15) is 0 Å². The van der Waals surface area contributed by atoms with Crippen molar-refractivity contribution < 1.29 is 9.53 Å². The second-order valence-electron chi connectivity index (χ2n) is 3.33. The normalized spacial score (nSPS) is 12.8. The first-order valence-corrected chi connectivity index (χ1v) is 4.64. The second-order valence-corrected chi connectivity index (χ2v) is 3.33. The van der Waals surface area contributed by atoms with Crippen LogP contribution in [0.25, 0.3) is 0 Å². The van der Waals surface area contributed by atoms with Gasteiger partial charge in [0.05, 0.1) is 0 Å². The molecule has 0 rings (SSSR count). The van der Waals surface area contributed by atoms with Crippen LogP contribution in [0.4, 0.5) is 0 Å². The molecule has 0 heterocycles. The molecule has 1 atom stereocenters. The summed E-state index contributed by atoms with van der Waals surface area (Å²) in [6, 6.07) is 0. The molecule has 0 saturated heterocycles. The number of carbonyl (C=O) groups is 1. The third-order valence-electron chi connectivity index (χ3n) is 1.72. The van der Waals surface area contributed by atoms with Crippen molar-refractivity contribution >= 4 is 5.91 Å². The lowest BCUT2D eigenvalue weighted by molar-refractivity contribution is -0.118. The lowest BCUT2D eigenvalue weighted by Crippen LogP contribution is -2.25. The Hall–Kier alpha value is -0.610. The highest BCUT2D eigenvalue weighted by molar-refractivity contribution is 5.73. The van der Waals surface area contributed by atoms with Crippen molar-refractivity contribution in [2.75, 3.05) is 26.8 Å². The minimum absolute atomic E-state index is 0.230. The molecule has 0 aromatic heterocycles. The van der Waals surface area contributed by atoms with Crippen molar-refractivity contribution in [3.63, 3.8) is 0 Å². The fourth-order valence-electron chi connectivity index (χ4n) is 1.08. The molecular weight excluding hydrogens is 168 g/mol. The summed E-state index contributed by atoms with van der Waals surface area (Å²) < 4.78 is 4.98. The fourth-order valence-corrected chi connectivity index (χ4v) is 1.08. The monoisotopic (exact) mass is 188 g/mol. The van der Waals surface area contributed by atoms with Crippen LogP contribution in [-0.4, -0.2) is 32.7 Å². The zero-order valence-electron chi connectivity index (χ0n) is 8.51. The molecule has 0 spiro atoms. The summed E-state index contributed by atoms with van der Waals surface area (Å²) in [4.78, 5) is 10.4. The van der Waals surface area contributed by atoms with Crippen molar-refractivity contribution in [1.29, 1.82) is 0 Å². The number of carbonyl (C=O) groups excluding carboxylic acids is 1. The predicted molar refractivity (Wildman–Crippen MR) is 52.3 cm³/mol. The van der Waals surface area contributed by atoms with Gasteiger partial charge in [-0.1, -0.05) is 6.92 Å². The minimum Gasteiger partial charge on any atom is -0.384 e. The molecule has 4 nitrogen and oxygen atoms in total. The van der Waals surface area contributed by atoms with E-state index in [0.717, 1.165) is 26.1 Å². The Labute approximate surface area is 79.8 Å². The van der Waals surface area contributed by atoms with E-state index >= 15 is 0 Å². The summed E-state index contributed by atoms with van der Waals surface area (Å²) in [5.41, 5.74) is 5.00. The molecule has 0 aromatic carbocycles. The van der Waals surface area contributed by atoms with Crippen LogP contribution >= 0.6 is 0 Å². The van der Waals surface area contributed by atoms with E-state index in [1.807, 2.05) is 0 Å². The van der Waals surface area contributed by atoms with Crippen molar-refractivity contribution in [1.82, 2.24) is 5.32 Å². The first kappa shape index (κ1) is 12.4. The highest BCUT2D eigenvalue weighted by atomic mass is 16.5. The summed E-state index contributed by atoms with van der Waals surface area (Å²) in [7, 11) is 1.70. The third kappa shape index (κ3) is 9.30. The highest BCUT2D eigenvalue weighted by Gasteiger charge is 2.00. The van der Waals surface area contributed by atoms with E-state index in [4.69, 9.17) is 10.5 Å². The first-order valence-electron chi connectivity index (χ1n) is 4.64. The Bertz CT molecular complexity index is 140. The van der Waals surface area contributed by atoms with Gasteiger partial charge in [-0.25, -0.2) is 0 Å². The van der Waals surface area contributed by atoms with Gasteiger partial charge in [0.2, 0.25) is 5.91 Å². The highest BCUT2D eigenvalue weighted by Crippen LogP contribution is 1.92. The van der Waals surface area contributed by atoms with E-state index in [1.165, 1.54) is 0 Å². The fraction of sp³-hybridized carbons (Fsp3) is 0.889. The number of amides is 1. The van der Waals surface area contributed by atoms with E-state index in [0.29, 0.717) is 12.3 Å². The Balaban J connectivity index is 3.11. The molecule has 0 saturated carbocycles. The lowest BCUT2D eigenvalue weighted by Gasteiger charge is -2.10. The van der Waals surface area contributed by atoms with Crippen molar-refractivity contribution in [2.45, 2.75) is 19.8 Å². The van der Waals surface area contributed by atoms with Gasteiger partial charge in [0.15, 0.2) is 0 Å². The van der Waals surface area contributed by atoms with Gasteiger partial charge in [0.25, 0.3) is 0 Å². The van der Waals surface area contributed by atoms with Crippen LogP contribution in [0.15, 0.2) is 0 Å². The molecule has 0 aliphatic carbocycles. The number of nitrogens with two attached hydrogens (primary N) is 1. The van der Waals surface area contributed by atoms with E-state index in [2.05, 4.69) is 12.2 Å². The molecule has 4 heteroatoms. The summed E-state index contributed by atoms with van der Waals surface area (Å²) >= 11 is 0. The molecule has 1 amide bonds. The van der Waals surface area contributed by atoms with E-state index < -0.39 is 0 Å². The molecule has 78 valence electrons. The van der Waals surface area contributed by atoms with Gasteiger partial charge in [-0.05, 0) is 25.4 Å².